The number of hydrogen-bond donors (Lipinski definition) is 1. The van der Waals surface area contributed by atoms with Crippen molar-refractivity contribution in [3.8, 4) is 22.1 Å². The molecule has 2 aromatic heterocycles. The van der Waals surface area contributed by atoms with Crippen LogP contribution in [0.2, 0.25) is 0 Å². The second kappa shape index (κ2) is 3.56. The smallest absolute Gasteiger partial charge is 0.181 e. The number of hydrogen-bond acceptors (Lipinski definition) is 3. The first-order valence-electron chi connectivity index (χ1n) is 5.30. The van der Waals surface area contributed by atoms with Gasteiger partial charge in [-0.3, -0.25) is 0 Å². The molecule has 1 aliphatic rings. The molecule has 16 heavy (non-hydrogen) atoms. The van der Waals surface area contributed by atoms with Gasteiger partial charge in [0.2, 0.25) is 0 Å². The van der Waals surface area contributed by atoms with E-state index < -0.39 is 0 Å². The molecule has 84 valence electrons. The highest BCUT2D eigenvalue weighted by atomic mass is 32.1. The fourth-order valence-corrected chi connectivity index (χ4v) is 2.93. The van der Waals surface area contributed by atoms with Crippen molar-refractivity contribution in [3.05, 3.63) is 22.7 Å². The molecular weight excluding hydrogens is 222 g/mol. The molecule has 0 atom stereocenters. The molecule has 4 heteroatoms. The van der Waals surface area contributed by atoms with Gasteiger partial charge < -0.3 is 14.5 Å². The number of H-pyrrole nitrogens is 1. The van der Waals surface area contributed by atoms with Crippen LogP contribution < -0.4 is 9.47 Å². The van der Waals surface area contributed by atoms with E-state index in [1.54, 1.807) is 11.3 Å². The molecule has 0 amide bonds. The summed E-state index contributed by atoms with van der Waals surface area (Å²) >= 11 is 1.72. The van der Waals surface area contributed by atoms with Gasteiger partial charge in [-0.2, -0.15) is 0 Å². The Labute approximate surface area is 98.0 Å². The van der Waals surface area contributed by atoms with Gasteiger partial charge in [0.15, 0.2) is 11.5 Å². The zero-order valence-corrected chi connectivity index (χ0v) is 10.1. The Morgan fingerprint density at radius 1 is 1.12 bits per heavy atom. The molecule has 1 N–H and O–H groups in total. The van der Waals surface area contributed by atoms with Gasteiger partial charge in [-0.1, -0.05) is 0 Å². The van der Waals surface area contributed by atoms with Crippen LogP contribution in [0.4, 0.5) is 0 Å². The van der Waals surface area contributed by atoms with E-state index in [0.717, 1.165) is 27.8 Å². The van der Waals surface area contributed by atoms with Crippen molar-refractivity contribution < 1.29 is 9.47 Å². The first-order chi connectivity index (χ1) is 7.75. The molecule has 0 bridgehead atoms. The summed E-state index contributed by atoms with van der Waals surface area (Å²) in [5.74, 6) is 1.81. The molecule has 0 saturated heterocycles. The van der Waals surface area contributed by atoms with Crippen LogP contribution in [0.5, 0.6) is 11.5 Å². The minimum absolute atomic E-state index is 0.635. The van der Waals surface area contributed by atoms with Crippen LogP contribution in [0, 0.1) is 13.8 Å². The number of thiophene rings is 1. The SMILES string of the molecule is Cc1ccc(-c2sc(C)c3c2OCCO3)[nH]1. The molecule has 3 nitrogen and oxygen atoms in total. The lowest BCUT2D eigenvalue weighted by atomic mass is 10.3. The van der Waals surface area contributed by atoms with Gasteiger partial charge in [0.1, 0.15) is 13.2 Å². The first-order valence-corrected chi connectivity index (χ1v) is 6.12. The third-order valence-corrected chi connectivity index (χ3v) is 3.74. The van der Waals surface area contributed by atoms with Crippen LogP contribution in [0.1, 0.15) is 10.6 Å². The number of nitrogens with one attached hydrogen (secondary N) is 1. The van der Waals surface area contributed by atoms with E-state index >= 15 is 0 Å². The Balaban J connectivity index is 2.14. The number of aryl methyl sites for hydroxylation is 2. The normalized spacial score (nSPS) is 14.1. The fourth-order valence-electron chi connectivity index (χ4n) is 1.91. The van der Waals surface area contributed by atoms with Gasteiger partial charge in [-0.25, -0.2) is 0 Å². The summed E-state index contributed by atoms with van der Waals surface area (Å²) in [7, 11) is 0. The molecule has 0 fully saturated rings. The van der Waals surface area contributed by atoms with Gasteiger partial charge in [0.25, 0.3) is 0 Å². The fraction of sp³-hybridized carbons (Fsp3) is 0.333. The quantitative estimate of drug-likeness (QED) is 0.824. The molecule has 0 radical (unpaired) electrons. The second-order valence-corrected chi connectivity index (χ2v) is 5.12. The van der Waals surface area contributed by atoms with Crippen molar-refractivity contribution in [1.82, 2.24) is 4.98 Å². The Kier molecular flexibility index (Phi) is 2.17. The minimum atomic E-state index is 0.635. The van der Waals surface area contributed by atoms with Gasteiger partial charge >= 0.3 is 0 Å². The summed E-state index contributed by atoms with van der Waals surface area (Å²) < 4.78 is 11.3. The number of rotatable bonds is 1. The summed E-state index contributed by atoms with van der Waals surface area (Å²) in [6, 6.07) is 4.15. The standard InChI is InChI=1S/C12H13NO2S/c1-7-3-4-9(13-7)12-11-10(8(2)16-12)14-5-6-15-11/h3-4,13H,5-6H2,1-2H3. The van der Waals surface area contributed by atoms with E-state index in [4.69, 9.17) is 9.47 Å². The lowest BCUT2D eigenvalue weighted by Crippen LogP contribution is -2.14. The zero-order chi connectivity index (χ0) is 11.1. The monoisotopic (exact) mass is 235 g/mol. The summed E-state index contributed by atoms with van der Waals surface area (Å²) in [5, 5.41) is 0. The maximum atomic E-state index is 5.70. The molecule has 3 rings (SSSR count). The number of ether oxygens (including phenoxy) is 2. The Hall–Kier alpha value is -1.42. The molecule has 0 unspecified atom stereocenters. The predicted molar refractivity (Wildman–Crippen MR) is 64.6 cm³/mol. The van der Waals surface area contributed by atoms with Crippen LogP contribution in [-0.2, 0) is 0 Å². The third kappa shape index (κ3) is 1.41. The predicted octanol–water partition coefficient (Wildman–Crippen LogP) is 3.13. The van der Waals surface area contributed by atoms with Gasteiger partial charge in [0, 0.05) is 10.6 Å². The van der Waals surface area contributed by atoms with Crippen molar-refractivity contribution in [2.45, 2.75) is 13.8 Å². The van der Waals surface area contributed by atoms with Crippen LogP contribution in [0.15, 0.2) is 12.1 Å². The molecule has 0 saturated carbocycles. The van der Waals surface area contributed by atoms with E-state index in [1.165, 1.54) is 4.88 Å². The Bertz CT molecular complexity index is 527. The van der Waals surface area contributed by atoms with E-state index in [-0.39, 0.29) is 0 Å². The summed E-state index contributed by atoms with van der Waals surface area (Å²) in [6.07, 6.45) is 0. The highest BCUT2D eigenvalue weighted by molar-refractivity contribution is 7.16. The lowest BCUT2D eigenvalue weighted by molar-refractivity contribution is 0.173. The molecule has 0 aromatic carbocycles. The molecule has 2 aromatic rings. The highest BCUT2D eigenvalue weighted by Crippen LogP contribution is 2.48. The van der Waals surface area contributed by atoms with E-state index in [1.807, 2.05) is 6.92 Å². The molecule has 0 spiro atoms. The van der Waals surface area contributed by atoms with E-state index in [0.29, 0.717) is 13.2 Å². The van der Waals surface area contributed by atoms with Crippen molar-refractivity contribution in [2.24, 2.45) is 0 Å². The number of aromatic nitrogens is 1. The molecule has 3 heterocycles. The second-order valence-electron chi connectivity index (χ2n) is 3.90. The summed E-state index contributed by atoms with van der Waals surface area (Å²) in [4.78, 5) is 5.65. The minimum Gasteiger partial charge on any atom is -0.485 e. The molecule has 0 aliphatic carbocycles. The topological polar surface area (TPSA) is 34.2 Å². The lowest BCUT2D eigenvalue weighted by Gasteiger charge is -2.16. The maximum Gasteiger partial charge on any atom is 0.181 e. The third-order valence-electron chi connectivity index (χ3n) is 2.64. The zero-order valence-electron chi connectivity index (χ0n) is 9.29. The Morgan fingerprint density at radius 2 is 1.88 bits per heavy atom. The van der Waals surface area contributed by atoms with Crippen LogP contribution >= 0.6 is 11.3 Å². The van der Waals surface area contributed by atoms with E-state index in [9.17, 15) is 0 Å². The van der Waals surface area contributed by atoms with Crippen LogP contribution in [0.3, 0.4) is 0 Å². The van der Waals surface area contributed by atoms with Crippen molar-refractivity contribution >= 4 is 11.3 Å². The van der Waals surface area contributed by atoms with Crippen LogP contribution in [0.25, 0.3) is 10.6 Å². The van der Waals surface area contributed by atoms with Gasteiger partial charge in [0.05, 0.1) is 10.6 Å². The van der Waals surface area contributed by atoms with Crippen molar-refractivity contribution in [3.63, 3.8) is 0 Å². The van der Waals surface area contributed by atoms with E-state index in [2.05, 4.69) is 24.0 Å². The maximum absolute atomic E-state index is 5.70. The number of aromatic amines is 1. The average Bonchev–Trinajstić information content (AvgIpc) is 2.84. The number of fused-ring (bicyclic) bond motifs is 1. The summed E-state index contributed by atoms with van der Waals surface area (Å²) in [6.45, 7) is 5.40. The first kappa shape index (κ1) is 9.78. The molecule has 1 aliphatic heterocycles. The molecular formula is C12H13NO2S. The highest BCUT2D eigenvalue weighted by Gasteiger charge is 2.23. The van der Waals surface area contributed by atoms with Gasteiger partial charge in [-0.15, -0.1) is 11.3 Å². The van der Waals surface area contributed by atoms with Crippen molar-refractivity contribution in [1.29, 1.82) is 0 Å². The van der Waals surface area contributed by atoms with Crippen molar-refractivity contribution in [2.75, 3.05) is 13.2 Å². The largest absolute Gasteiger partial charge is 0.485 e. The van der Waals surface area contributed by atoms with Gasteiger partial charge in [-0.05, 0) is 26.0 Å². The Morgan fingerprint density at radius 3 is 2.56 bits per heavy atom. The summed E-state index contributed by atoms with van der Waals surface area (Å²) in [5.41, 5.74) is 2.27. The average molecular weight is 235 g/mol. The van der Waals surface area contributed by atoms with Crippen LogP contribution in [-0.4, -0.2) is 18.2 Å².